The molecule has 1 aromatic heterocycles. The summed E-state index contributed by atoms with van der Waals surface area (Å²) in [5.41, 5.74) is 4.55. The Morgan fingerprint density at radius 2 is 2.08 bits per heavy atom. The van der Waals surface area contributed by atoms with E-state index in [1.165, 1.54) is 0 Å². The number of hydrogen-bond donors (Lipinski definition) is 2. The van der Waals surface area contributed by atoms with Crippen LogP contribution in [0.5, 0.6) is 5.75 Å². The number of cyclic esters (lactones) is 1. The number of carbonyl (C=O) groups is 3. The van der Waals surface area contributed by atoms with E-state index in [9.17, 15) is 19.5 Å². The second kappa shape index (κ2) is 11.4. The number of aliphatic hydroxyl groups excluding tert-OH is 1. The zero-order valence-electron chi connectivity index (χ0n) is 21.7. The Morgan fingerprint density at radius 1 is 1.38 bits per heavy atom. The van der Waals surface area contributed by atoms with Gasteiger partial charge in [0.25, 0.3) is 0 Å². The van der Waals surface area contributed by atoms with Gasteiger partial charge in [0, 0.05) is 35.7 Å². The number of fused-ring (bicyclic) bond motifs is 2. The second-order valence-electron chi connectivity index (χ2n) is 8.53. The van der Waals surface area contributed by atoms with Crippen LogP contribution in [-0.2, 0) is 32.1 Å². The average Bonchev–Trinajstić information content (AvgIpc) is 3.20. The summed E-state index contributed by atoms with van der Waals surface area (Å²) >= 11 is 0. The molecule has 9 nitrogen and oxygen atoms in total. The molecule has 0 amide bonds. The van der Waals surface area contributed by atoms with Gasteiger partial charge in [0.15, 0.2) is 6.10 Å². The first kappa shape index (κ1) is 27.6. The molecule has 37 heavy (non-hydrogen) atoms. The van der Waals surface area contributed by atoms with E-state index in [-0.39, 0.29) is 23.3 Å². The number of pyridine rings is 1. The summed E-state index contributed by atoms with van der Waals surface area (Å²) in [5.74, 6) is -1.40. The second-order valence-corrected chi connectivity index (χ2v) is 8.53. The minimum Gasteiger partial charge on any atom is -0.486 e. The zero-order valence-corrected chi connectivity index (χ0v) is 21.7. The predicted molar refractivity (Wildman–Crippen MR) is 139 cm³/mol. The van der Waals surface area contributed by atoms with E-state index in [4.69, 9.17) is 19.6 Å². The molecule has 0 saturated heterocycles. The molecule has 9 heteroatoms. The van der Waals surface area contributed by atoms with Crippen LogP contribution in [0, 0.1) is 0 Å². The van der Waals surface area contributed by atoms with Gasteiger partial charge in [-0.2, -0.15) is 0 Å². The Balaban J connectivity index is 0.00000186. The number of rotatable bonds is 7. The lowest BCUT2D eigenvalue weighted by Crippen LogP contribution is -2.32. The highest BCUT2D eigenvalue weighted by atomic mass is 16.5. The SMILES string of the molecule is C=C(C(=O)O)C(C)Oc1ccc2nc3c(c(CC)c2c1)CN(C)/C3=C\C1=C(C=O)COC(=O)C1O.CC. The number of carbonyl (C=O) groups excluding carboxylic acids is 2. The molecule has 2 aromatic rings. The Bertz CT molecular complexity index is 1330. The number of carboxylic acid groups (broad SMARTS) is 1. The average molecular weight is 509 g/mol. The maximum Gasteiger partial charge on any atom is 0.340 e. The Morgan fingerprint density at radius 3 is 2.70 bits per heavy atom. The van der Waals surface area contributed by atoms with Crippen LogP contribution in [0.2, 0.25) is 0 Å². The number of esters is 1. The number of aldehydes is 1. The van der Waals surface area contributed by atoms with Crippen LogP contribution >= 0.6 is 0 Å². The molecular formula is C28H32N2O7. The van der Waals surface area contributed by atoms with Gasteiger partial charge in [-0.1, -0.05) is 27.4 Å². The van der Waals surface area contributed by atoms with Crippen molar-refractivity contribution in [3.8, 4) is 5.75 Å². The van der Waals surface area contributed by atoms with E-state index in [2.05, 4.69) is 6.58 Å². The van der Waals surface area contributed by atoms with Crippen LogP contribution in [0.3, 0.4) is 0 Å². The first-order chi connectivity index (χ1) is 17.7. The van der Waals surface area contributed by atoms with Gasteiger partial charge in [-0.3, -0.25) is 4.79 Å². The minimum absolute atomic E-state index is 0.0397. The fourth-order valence-electron chi connectivity index (χ4n) is 4.37. The van der Waals surface area contributed by atoms with Crippen molar-refractivity contribution in [1.29, 1.82) is 0 Å². The van der Waals surface area contributed by atoms with Crippen LogP contribution in [0.25, 0.3) is 16.6 Å². The molecular weight excluding hydrogens is 476 g/mol. The maximum atomic E-state index is 11.9. The van der Waals surface area contributed by atoms with E-state index in [1.807, 2.05) is 38.8 Å². The molecule has 2 atom stereocenters. The Hall–Kier alpha value is -3.98. The van der Waals surface area contributed by atoms with Crippen molar-refractivity contribution in [2.45, 2.75) is 52.9 Å². The largest absolute Gasteiger partial charge is 0.486 e. The lowest BCUT2D eigenvalue weighted by molar-refractivity contribution is -0.152. The highest BCUT2D eigenvalue weighted by molar-refractivity contribution is 5.92. The van der Waals surface area contributed by atoms with Gasteiger partial charge in [0.1, 0.15) is 24.7 Å². The number of hydrogen-bond acceptors (Lipinski definition) is 8. The third-order valence-corrected chi connectivity index (χ3v) is 6.35. The quantitative estimate of drug-likeness (QED) is 0.329. The molecule has 0 radical (unpaired) electrons. The first-order valence-electron chi connectivity index (χ1n) is 12.2. The molecule has 2 aliphatic rings. The van der Waals surface area contributed by atoms with Crippen molar-refractivity contribution in [2.75, 3.05) is 13.7 Å². The van der Waals surface area contributed by atoms with E-state index in [0.717, 1.165) is 16.5 Å². The van der Waals surface area contributed by atoms with Crippen molar-refractivity contribution < 1.29 is 34.1 Å². The van der Waals surface area contributed by atoms with Crippen molar-refractivity contribution in [1.82, 2.24) is 9.88 Å². The number of benzene rings is 1. The summed E-state index contributed by atoms with van der Waals surface area (Å²) in [5, 5.41) is 20.4. The van der Waals surface area contributed by atoms with Gasteiger partial charge in [-0.15, -0.1) is 0 Å². The van der Waals surface area contributed by atoms with Gasteiger partial charge in [-0.25, -0.2) is 14.6 Å². The molecule has 2 unspecified atom stereocenters. The Labute approximate surface area is 215 Å². The summed E-state index contributed by atoms with van der Waals surface area (Å²) in [7, 11) is 1.88. The molecule has 0 aliphatic carbocycles. The van der Waals surface area contributed by atoms with Crippen molar-refractivity contribution in [3.05, 3.63) is 64.4 Å². The van der Waals surface area contributed by atoms with E-state index in [0.29, 0.717) is 41.9 Å². The molecule has 1 aromatic carbocycles. The molecule has 2 aliphatic heterocycles. The maximum absolute atomic E-state index is 11.9. The fourth-order valence-corrected chi connectivity index (χ4v) is 4.37. The number of aromatic nitrogens is 1. The smallest absolute Gasteiger partial charge is 0.340 e. The predicted octanol–water partition coefficient (Wildman–Crippen LogP) is 3.43. The van der Waals surface area contributed by atoms with Gasteiger partial charge < -0.3 is 24.6 Å². The topological polar surface area (TPSA) is 126 Å². The lowest BCUT2D eigenvalue weighted by atomic mass is 9.97. The van der Waals surface area contributed by atoms with Crippen LogP contribution in [-0.4, -0.2) is 64.2 Å². The Kier molecular flexibility index (Phi) is 8.49. The van der Waals surface area contributed by atoms with Crippen LogP contribution in [0.15, 0.2) is 47.6 Å². The first-order valence-corrected chi connectivity index (χ1v) is 12.2. The number of ether oxygens (including phenoxy) is 2. The van der Waals surface area contributed by atoms with Gasteiger partial charge in [-0.05, 0) is 43.2 Å². The minimum atomic E-state index is -1.54. The van der Waals surface area contributed by atoms with E-state index in [1.54, 1.807) is 25.1 Å². The molecule has 0 fully saturated rings. The number of aliphatic hydroxyl groups is 1. The standard InChI is InChI=1S/C26H26N2O7.C2H6/c1-5-17-19-8-16(35-14(3)13(2)25(31)32)6-7-21(19)27-23-20(17)10-28(4)22(23)9-18-15(11-29)12-34-26(33)24(18)30;1-2/h6-9,11,14,24,30H,2,5,10,12H2,1,3-4H3,(H,31,32);1-2H3/b22-9-;. The summed E-state index contributed by atoms with van der Waals surface area (Å²) in [6.07, 6.45) is 0.690. The van der Waals surface area contributed by atoms with Gasteiger partial charge in [0.05, 0.1) is 22.5 Å². The highest BCUT2D eigenvalue weighted by Crippen LogP contribution is 2.38. The van der Waals surface area contributed by atoms with Crippen molar-refractivity contribution in [2.24, 2.45) is 0 Å². The molecule has 0 saturated carbocycles. The number of carboxylic acids is 1. The van der Waals surface area contributed by atoms with E-state index >= 15 is 0 Å². The van der Waals surface area contributed by atoms with Crippen molar-refractivity contribution >= 4 is 34.8 Å². The number of aryl methyl sites for hydroxylation is 1. The van der Waals surface area contributed by atoms with Crippen LogP contribution in [0.1, 0.15) is 44.5 Å². The summed E-state index contributed by atoms with van der Waals surface area (Å²) in [6.45, 7) is 11.6. The van der Waals surface area contributed by atoms with Crippen LogP contribution < -0.4 is 4.74 Å². The molecule has 2 N–H and O–H groups in total. The molecule has 196 valence electrons. The third kappa shape index (κ3) is 5.27. The summed E-state index contributed by atoms with van der Waals surface area (Å²) in [6, 6.07) is 5.38. The number of aliphatic carboxylic acids is 1. The molecule has 0 bridgehead atoms. The van der Waals surface area contributed by atoms with Gasteiger partial charge in [0.2, 0.25) is 0 Å². The zero-order chi connectivity index (χ0) is 27.4. The van der Waals surface area contributed by atoms with Crippen LogP contribution in [0.4, 0.5) is 0 Å². The van der Waals surface area contributed by atoms with Gasteiger partial charge >= 0.3 is 11.9 Å². The normalized spacial score (nSPS) is 18.6. The fraction of sp³-hybridized carbons (Fsp3) is 0.357. The summed E-state index contributed by atoms with van der Waals surface area (Å²) < 4.78 is 10.7. The molecule has 4 rings (SSSR count). The molecule has 3 heterocycles. The van der Waals surface area contributed by atoms with Crippen molar-refractivity contribution in [3.63, 3.8) is 0 Å². The number of nitrogens with zero attached hydrogens (tertiary/aromatic N) is 2. The lowest BCUT2D eigenvalue weighted by Gasteiger charge is -2.21. The third-order valence-electron chi connectivity index (χ3n) is 6.35. The summed E-state index contributed by atoms with van der Waals surface area (Å²) in [4.78, 5) is 41.4. The highest BCUT2D eigenvalue weighted by Gasteiger charge is 2.32. The molecule has 0 spiro atoms. The van der Waals surface area contributed by atoms with E-state index < -0.39 is 24.1 Å². The monoisotopic (exact) mass is 508 g/mol.